The second kappa shape index (κ2) is 11.1. The van der Waals surface area contributed by atoms with Crippen molar-refractivity contribution in [3.05, 3.63) is 131 Å². The van der Waals surface area contributed by atoms with Crippen molar-refractivity contribution in [1.29, 1.82) is 0 Å². The van der Waals surface area contributed by atoms with Crippen molar-refractivity contribution in [1.82, 2.24) is 0 Å². The van der Waals surface area contributed by atoms with E-state index >= 15 is 0 Å². The molecule has 0 fully saturated rings. The normalized spacial score (nSPS) is 11.4. The Hall–Kier alpha value is -4.22. The van der Waals surface area contributed by atoms with Gasteiger partial charge >= 0.3 is 11.9 Å². The highest BCUT2D eigenvalue weighted by atomic mass is 16.5. The fourth-order valence-corrected chi connectivity index (χ4v) is 3.74. The molecule has 4 aromatic carbocycles. The number of esters is 2. The third-order valence-electron chi connectivity index (χ3n) is 5.41. The summed E-state index contributed by atoms with van der Waals surface area (Å²) in [5, 5.41) is 9.78. The molecule has 5 nitrogen and oxygen atoms in total. The summed E-state index contributed by atoms with van der Waals surface area (Å²) in [5.74, 6) is -0.594. The number of benzene rings is 4. The van der Waals surface area contributed by atoms with E-state index in [1.807, 2.05) is 42.5 Å². The molecule has 0 aliphatic rings. The van der Waals surface area contributed by atoms with E-state index in [1.165, 1.54) is 0 Å². The number of ether oxygens (including phenoxy) is 2. The maximum absolute atomic E-state index is 12.8. The summed E-state index contributed by atoms with van der Waals surface area (Å²) in [6.07, 6.45) is 0.399. The van der Waals surface area contributed by atoms with Crippen LogP contribution in [0.1, 0.15) is 44.2 Å². The van der Waals surface area contributed by atoms with Crippen LogP contribution in [0.2, 0.25) is 0 Å². The van der Waals surface area contributed by atoms with Gasteiger partial charge in [-0.25, -0.2) is 9.59 Å². The lowest BCUT2D eigenvalue weighted by Crippen LogP contribution is -2.13. The van der Waals surface area contributed by atoms with Crippen molar-refractivity contribution in [3.8, 4) is 11.5 Å². The summed E-state index contributed by atoms with van der Waals surface area (Å²) in [6.45, 7) is -0.0698. The molecule has 0 radical (unpaired) electrons. The predicted octanol–water partition coefficient (Wildman–Crippen LogP) is 5.64. The largest absolute Gasteiger partial charge is 0.423 e. The Balaban J connectivity index is 1.71. The first-order valence-corrected chi connectivity index (χ1v) is 11.0. The molecule has 4 aromatic rings. The van der Waals surface area contributed by atoms with Gasteiger partial charge in [0.05, 0.1) is 11.1 Å². The van der Waals surface area contributed by atoms with E-state index in [0.29, 0.717) is 34.6 Å². The number of aliphatic hydroxyl groups excluding tert-OH is 1. The minimum Gasteiger partial charge on any atom is -0.423 e. The third-order valence-corrected chi connectivity index (χ3v) is 5.41. The quantitative estimate of drug-likeness (QED) is 0.277. The zero-order valence-electron chi connectivity index (χ0n) is 18.5. The Morgan fingerprint density at radius 1 is 0.676 bits per heavy atom. The zero-order valence-corrected chi connectivity index (χ0v) is 18.5. The average Bonchev–Trinajstić information content (AvgIpc) is 2.89. The van der Waals surface area contributed by atoms with Gasteiger partial charge < -0.3 is 14.6 Å². The van der Waals surface area contributed by atoms with E-state index in [4.69, 9.17) is 9.47 Å². The number of hydrogen-bond donors (Lipinski definition) is 1. The topological polar surface area (TPSA) is 72.8 Å². The van der Waals surface area contributed by atoms with Crippen molar-refractivity contribution in [2.45, 2.75) is 12.3 Å². The second-order valence-electron chi connectivity index (χ2n) is 7.69. The molecule has 1 atom stereocenters. The minimum atomic E-state index is -0.494. The van der Waals surface area contributed by atoms with Crippen molar-refractivity contribution in [2.75, 3.05) is 6.61 Å². The van der Waals surface area contributed by atoms with Crippen LogP contribution in [-0.4, -0.2) is 23.7 Å². The molecule has 0 aliphatic carbocycles. The van der Waals surface area contributed by atoms with E-state index in [-0.39, 0.29) is 12.5 Å². The fourth-order valence-electron chi connectivity index (χ4n) is 3.74. The Labute approximate surface area is 198 Å². The van der Waals surface area contributed by atoms with Gasteiger partial charge in [0.25, 0.3) is 0 Å². The third kappa shape index (κ3) is 5.57. The molecule has 0 bridgehead atoms. The summed E-state index contributed by atoms with van der Waals surface area (Å²) in [4.78, 5) is 25.4. The molecule has 1 N–H and O–H groups in total. The minimum absolute atomic E-state index is 0.0698. The Morgan fingerprint density at radius 3 is 1.76 bits per heavy atom. The van der Waals surface area contributed by atoms with Crippen LogP contribution in [0.15, 0.2) is 109 Å². The maximum atomic E-state index is 12.8. The Morgan fingerprint density at radius 2 is 1.21 bits per heavy atom. The SMILES string of the molecule is O=C(Oc1ccc(OC(=O)c2ccccc2)c(C(CCO)c2ccccc2)c1)c1ccccc1. The van der Waals surface area contributed by atoms with E-state index < -0.39 is 11.9 Å². The highest BCUT2D eigenvalue weighted by Crippen LogP contribution is 2.37. The molecule has 0 amide bonds. The number of carbonyl (C=O) groups is 2. The smallest absolute Gasteiger partial charge is 0.343 e. The molecule has 5 heteroatoms. The molecule has 170 valence electrons. The van der Waals surface area contributed by atoms with Gasteiger partial charge in [-0.05, 0) is 54.4 Å². The van der Waals surface area contributed by atoms with Gasteiger partial charge in [-0.15, -0.1) is 0 Å². The number of aliphatic hydroxyl groups is 1. The van der Waals surface area contributed by atoms with Crippen LogP contribution in [0.5, 0.6) is 11.5 Å². The van der Waals surface area contributed by atoms with Crippen LogP contribution in [-0.2, 0) is 0 Å². The van der Waals surface area contributed by atoms with E-state index in [1.54, 1.807) is 66.7 Å². The Kier molecular flexibility index (Phi) is 7.48. The molecular formula is C29H24O5. The molecule has 1 unspecified atom stereocenters. The average molecular weight is 453 g/mol. The molecule has 0 aliphatic heterocycles. The molecule has 0 heterocycles. The van der Waals surface area contributed by atoms with Crippen molar-refractivity contribution < 1.29 is 24.2 Å². The summed E-state index contributed by atoms with van der Waals surface area (Å²) >= 11 is 0. The first-order chi connectivity index (χ1) is 16.7. The van der Waals surface area contributed by atoms with Gasteiger partial charge in [0.2, 0.25) is 0 Å². The van der Waals surface area contributed by atoms with Gasteiger partial charge in [0, 0.05) is 18.1 Å². The summed E-state index contributed by atoms with van der Waals surface area (Å²) in [7, 11) is 0. The van der Waals surface area contributed by atoms with E-state index in [0.717, 1.165) is 5.56 Å². The highest BCUT2D eigenvalue weighted by Gasteiger charge is 2.22. The fraction of sp³-hybridized carbons (Fsp3) is 0.103. The number of carbonyl (C=O) groups excluding carboxylic acids is 2. The van der Waals surface area contributed by atoms with Gasteiger partial charge in [0.1, 0.15) is 11.5 Å². The van der Waals surface area contributed by atoms with E-state index in [9.17, 15) is 14.7 Å². The first kappa shape index (κ1) is 23.0. The van der Waals surface area contributed by atoms with Gasteiger partial charge in [-0.2, -0.15) is 0 Å². The molecule has 4 rings (SSSR count). The first-order valence-electron chi connectivity index (χ1n) is 11.0. The standard InChI is InChI=1S/C29H24O5/c30-19-18-25(21-10-4-1-5-11-21)26-20-24(33-28(31)22-12-6-2-7-13-22)16-17-27(26)34-29(32)23-14-8-3-9-15-23/h1-17,20,25,30H,18-19H2. The Bertz CT molecular complexity index is 1240. The van der Waals surface area contributed by atoms with Gasteiger partial charge in [0.15, 0.2) is 0 Å². The van der Waals surface area contributed by atoms with Crippen LogP contribution in [0.4, 0.5) is 0 Å². The molecule has 0 spiro atoms. The van der Waals surface area contributed by atoms with E-state index in [2.05, 4.69) is 0 Å². The summed E-state index contributed by atoms with van der Waals surface area (Å²) in [6, 6.07) is 32.0. The van der Waals surface area contributed by atoms with Crippen LogP contribution in [0.3, 0.4) is 0 Å². The maximum Gasteiger partial charge on any atom is 0.343 e. The summed E-state index contributed by atoms with van der Waals surface area (Å²) in [5.41, 5.74) is 2.44. The lowest BCUT2D eigenvalue weighted by molar-refractivity contribution is 0.0717. The number of rotatable bonds is 8. The van der Waals surface area contributed by atoms with Crippen molar-refractivity contribution in [2.24, 2.45) is 0 Å². The highest BCUT2D eigenvalue weighted by molar-refractivity contribution is 5.92. The van der Waals surface area contributed by atoms with Crippen LogP contribution in [0, 0.1) is 0 Å². The summed E-state index contributed by atoms with van der Waals surface area (Å²) < 4.78 is 11.4. The number of hydrogen-bond acceptors (Lipinski definition) is 5. The van der Waals surface area contributed by atoms with Gasteiger partial charge in [-0.3, -0.25) is 0 Å². The van der Waals surface area contributed by atoms with Crippen molar-refractivity contribution in [3.63, 3.8) is 0 Å². The lowest BCUT2D eigenvalue weighted by atomic mass is 9.88. The monoisotopic (exact) mass is 452 g/mol. The lowest BCUT2D eigenvalue weighted by Gasteiger charge is -2.21. The van der Waals surface area contributed by atoms with Gasteiger partial charge in [-0.1, -0.05) is 66.7 Å². The second-order valence-corrected chi connectivity index (χ2v) is 7.69. The van der Waals surface area contributed by atoms with Crippen LogP contribution >= 0.6 is 0 Å². The van der Waals surface area contributed by atoms with Crippen LogP contribution < -0.4 is 9.47 Å². The molecule has 0 aromatic heterocycles. The molecule has 0 saturated carbocycles. The predicted molar refractivity (Wildman–Crippen MR) is 129 cm³/mol. The molecule has 0 saturated heterocycles. The molecular weight excluding hydrogens is 428 g/mol. The zero-order chi connectivity index (χ0) is 23.8. The van der Waals surface area contributed by atoms with Crippen LogP contribution in [0.25, 0.3) is 0 Å². The van der Waals surface area contributed by atoms with Crippen molar-refractivity contribution >= 4 is 11.9 Å². The molecule has 34 heavy (non-hydrogen) atoms.